The first-order chi connectivity index (χ1) is 11.0. The minimum atomic E-state index is -0.0247. The number of benzene rings is 2. The summed E-state index contributed by atoms with van der Waals surface area (Å²) in [6, 6.07) is 10.6. The highest BCUT2D eigenvalue weighted by Crippen LogP contribution is 2.28. The number of methoxy groups -OCH3 is 2. The Morgan fingerprint density at radius 3 is 2.39 bits per heavy atom. The lowest BCUT2D eigenvalue weighted by Gasteiger charge is -2.08. The molecule has 3 nitrogen and oxygen atoms in total. The molecule has 0 radical (unpaired) electrons. The van der Waals surface area contributed by atoms with Gasteiger partial charge >= 0.3 is 0 Å². The van der Waals surface area contributed by atoms with Crippen molar-refractivity contribution >= 4 is 35.1 Å². The number of hydrogen-bond acceptors (Lipinski definition) is 3. The minimum Gasteiger partial charge on any atom is -0.493 e. The fraction of sp³-hybridized carbons (Fsp3) is 0.167. The van der Waals surface area contributed by atoms with Crippen LogP contribution in [0.4, 0.5) is 0 Å². The van der Waals surface area contributed by atoms with Crippen LogP contribution in [0.3, 0.4) is 0 Å². The van der Waals surface area contributed by atoms with E-state index < -0.39 is 0 Å². The molecule has 0 unspecified atom stereocenters. The number of carbonyl (C=O) groups excluding carboxylic acids is 1. The second-order valence-electron chi connectivity index (χ2n) is 4.84. The zero-order valence-corrected chi connectivity index (χ0v) is 14.3. The summed E-state index contributed by atoms with van der Waals surface area (Å²) in [5.74, 6) is 1.21. The van der Waals surface area contributed by atoms with Gasteiger partial charge < -0.3 is 9.47 Å². The largest absolute Gasteiger partial charge is 0.493 e. The molecule has 0 spiro atoms. The van der Waals surface area contributed by atoms with Gasteiger partial charge in [-0.1, -0.05) is 41.4 Å². The Labute approximate surface area is 145 Å². The average molecular weight is 351 g/mol. The summed E-state index contributed by atoms with van der Waals surface area (Å²) in [5, 5.41) is 0.946. The molecular formula is C18H16Cl2O3. The van der Waals surface area contributed by atoms with E-state index in [9.17, 15) is 4.79 Å². The summed E-state index contributed by atoms with van der Waals surface area (Å²) in [4.78, 5) is 12.1. The second-order valence-corrected chi connectivity index (χ2v) is 5.65. The van der Waals surface area contributed by atoms with Gasteiger partial charge in [-0.15, -0.1) is 0 Å². The lowest BCUT2D eigenvalue weighted by atomic mass is 10.1. The quantitative estimate of drug-likeness (QED) is 0.699. The summed E-state index contributed by atoms with van der Waals surface area (Å²) in [7, 11) is 3.14. The van der Waals surface area contributed by atoms with Gasteiger partial charge in [0.25, 0.3) is 0 Å². The summed E-state index contributed by atoms with van der Waals surface area (Å²) in [5.41, 5.74) is 1.67. The Morgan fingerprint density at radius 1 is 1.00 bits per heavy atom. The van der Waals surface area contributed by atoms with Gasteiger partial charge in [-0.3, -0.25) is 4.79 Å². The van der Waals surface area contributed by atoms with Gasteiger partial charge in [0.05, 0.1) is 24.3 Å². The molecule has 2 aromatic carbocycles. The van der Waals surface area contributed by atoms with E-state index in [2.05, 4.69) is 0 Å². The van der Waals surface area contributed by atoms with Crippen molar-refractivity contribution in [1.82, 2.24) is 0 Å². The molecule has 0 amide bonds. The van der Waals surface area contributed by atoms with E-state index in [-0.39, 0.29) is 12.2 Å². The summed E-state index contributed by atoms with van der Waals surface area (Å²) >= 11 is 11.8. The first-order valence-electron chi connectivity index (χ1n) is 6.90. The third-order valence-electron chi connectivity index (χ3n) is 3.23. The van der Waals surface area contributed by atoms with Crippen LogP contribution in [-0.2, 0) is 11.2 Å². The van der Waals surface area contributed by atoms with E-state index in [4.69, 9.17) is 32.7 Å². The maximum atomic E-state index is 12.1. The van der Waals surface area contributed by atoms with Crippen LogP contribution >= 0.6 is 23.2 Å². The van der Waals surface area contributed by atoms with Crippen molar-refractivity contribution in [2.24, 2.45) is 0 Å². The monoisotopic (exact) mass is 350 g/mol. The number of rotatable bonds is 6. The highest BCUT2D eigenvalue weighted by atomic mass is 35.5. The molecule has 0 heterocycles. The van der Waals surface area contributed by atoms with Crippen molar-refractivity contribution in [3.05, 3.63) is 63.6 Å². The SMILES string of the molecule is COc1ccc(CC(=O)/C=C/c2ccc(Cl)c(Cl)c2)cc1OC. The third kappa shape index (κ3) is 4.75. The summed E-state index contributed by atoms with van der Waals surface area (Å²) < 4.78 is 10.4. The number of hydrogen-bond donors (Lipinski definition) is 0. The predicted molar refractivity (Wildman–Crippen MR) is 93.8 cm³/mol. The molecule has 5 heteroatoms. The Kier molecular flexibility index (Phi) is 6.08. The van der Waals surface area contributed by atoms with Gasteiger partial charge in [-0.2, -0.15) is 0 Å². The summed E-state index contributed by atoms with van der Waals surface area (Å²) in [6.45, 7) is 0. The van der Waals surface area contributed by atoms with Crippen LogP contribution in [0.2, 0.25) is 10.0 Å². The topological polar surface area (TPSA) is 35.5 Å². The van der Waals surface area contributed by atoms with Gasteiger partial charge in [-0.05, 0) is 41.5 Å². The molecule has 0 saturated carbocycles. The third-order valence-corrected chi connectivity index (χ3v) is 3.97. The number of halogens is 2. The van der Waals surface area contributed by atoms with Gasteiger partial charge in [0.15, 0.2) is 17.3 Å². The molecule has 0 atom stereocenters. The van der Waals surface area contributed by atoms with E-state index >= 15 is 0 Å². The van der Waals surface area contributed by atoms with Crippen LogP contribution < -0.4 is 9.47 Å². The molecule has 0 N–H and O–H groups in total. The first kappa shape index (κ1) is 17.4. The van der Waals surface area contributed by atoms with Crippen molar-refractivity contribution in [2.45, 2.75) is 6.42 Å². The van der Waals surface area contributed by atoms with Crippen molar-refractivity contribution in [3.8, 4) is 11.5 Å². The first-order valence-corrected chi connectivity index (χ1v) is 7.66. The van der Waals surface area contributed by atoms with E-state index in [0.717, 1.165) is 11.1 Å². The zero-order valence-electron chi connectivity index (χ0n) is 12.8. The highest BCUT2D eigenvalue weighted by Gasteiger charge is 2.07. The van der Waals surface area contributed by atoms with Crippen LogP contribution in [0.5, 0.6) is 11.5 Å². The lowest BCUT2D eigenvalue weighted by Crippen LogP contribution is -1.99. The van der Waals surface area contributed by atoms with Crippen molar-refractivity contribution in [1.29, 1.82) is 0 Å². The maximum Gasteiger partial charge on any atom is 0.161 e. The van der Waals surface area contributed by atoms with Crippen molar-refractivity contribution < 1.29 is 14.3 Å². The Morgan fingerprint density at radius 2 is 1.74 bits per heavy atom. The highest BCUT2D eigenvalue weighted by molar-refractivity contribution is 6.42. The lowest BCUT2D eigenvalue weighted by molar-refractivity contribution is -0.113. The molecule has 2 aromatic rings. The van der Waals surface area contributed by atoms with Crippen LogP contribution in [-0.4, -0.2) is 20.0 Å². The van der Waals surface area contributed by atoms with Crippen molar-refractivity contribution in [3.63, 3.8) is 0 Å². The van der Waals surface area contributed by atoms with E-state index in [1.54, 1.807) is 50.6 Å². The standard InChI is InChI=1S/C18H16Cl2O3/c1-22-17-8-5-13(11-18(17)23-2)9-14(21)6-3-12-4-7-15(19)16(20)10-12/h3-8,10-11H,9H2,1-2H3/b6-3+. The van der Waals surface area contributed by atoms with Crippen LogP contribution in [0.25, 0.3) is 6.08 Å². The second kappa shape index (κ2) is 8.04. The number of ether oxygens (including phenoxy) is 2. The Bertz CT molecular complexity index is 739. The average Bonchev–Trinajstić information content (AvgIpc) is 2.55. The molecule has 0 bridgehead atoms. The molecule has 0 aromatic heterocycles. The van der Waals surface area contributed by atoms with Crippen LogP contribution in [0, 0.1) is 0 Å². The molecule has 0 aliphatic rings. The van der Waals surface area contributed by atoms with Crippen LogP contribution in [0.15, 0.2) is 42.5 Å². The van der Waals surface area contributed by atoms with Gasteiger partial charge in [0, 0.05) is 6.42 Å². The normalized spacial score (nSPS) is 10.8. The maximum absolute atomic E-state index is 12.1. The van der Waals surface area contributed by atoms with Gasteiger partial charge in [0.1, 0.15) is 0 Å². The Hall–Kier alpha value is -1.97. The zero-order chi connectivity index (χ0) is 16.8. The van der Waals surface area contributed by atoms with E-state index in [1.165, 1.54) is 6.08 Å². The molecule has 2 rings (SSSR count). The molecule has 0 aliphatic carbocycles. The van der Waals surface area contributed by atoms with Crippen LogP contribution in [0.1, 0.15) is 11.1 Å². The van der Waals surface area contributed by atoms with Gasteiger partial charge in [-0.25, -0.2) is 0 Å². The smallest absolute Gasteiger partial charge is 0.161 e. The van der Waals surface area contributed by atoms with E-state index in [0.29, 0.717) is 21.5 Å². The summed E-state index contributed by atoms with van der Waals surface area (Å²) in [6.07, 6.45) is 3.51. The van der Waals surface area contributed by atoms with E-state index in [1.807, 2.05) is 6.07 Å². The predicted octanol–water partition coefficient (Wildman–Crippen LogP) is 4.84. The number of allylic oxidation sites excluding steroid dienone is 1. The molecule has 0 aliphatic heterocycles. The van der Waals surface area contributed by atoms with Gasteiger partial charge in [0.2, 0.25) is 0 Å². The molecular weight excluding hydrogens is 335 g/mol. The van der Waals surface area contributed by atoms with Crippen molar-refractivity contribution in [2.75, 3.05) is 14.2 Å². The molecule has 0 fully saturated rings. The fourth-order valence-corrected chi connectivity index (χ4v) is 2.36. The molecule has 23 heavy (non-hydrogen) atoms. The molecule has 120 valence electrons. The number of carbonyl (C=O) groups is 1. The Balaban J connectivity index is 2.07. The minimum absolute atomic E-state index is 0.0247. The molecule has 0 saturated heterocycles. The number of ketones is 1. The fourth-order valence-electron chi connectivity index (χ4n) is 2.06.